The van der Waals surface area contributed by atoms with E-state index < -0.39 is 0 Å². The number of nitrogens with zero attached hydrogens (tertiary/aromatic N) is 2. The topological polar surface area (TPSA) is 79.5 Å². The molecule has 0 spiro atoms. The molecule has 0 saturated heterocycles. The highest BCUT2D eigenvalue weighted by atomic mass is 16.5. The highest BCUT2D eigenvalue weighted by Gasteiger charge is 2.17. The minimum absolute atomic E-state index is 0.183. The summed E-state index contributed by atoms with van der Waals surface area (Å²) in [4.78, 5) is 8.06. The quantitative estimate of drug-likeness (QED) is 0.862. The highest BCUT2D eigenvalue weighted by molar-refractivity contribution is 5.89. The highest BCUT2D eigenvalue weighted by Crippen LogP contribution is 2.42. The second-order valence-corrected chi connectivity index (χ2v) is 3.31. The molecule has 0 bridgehead atoms. The van der Waals surface area contributed by atoms with Crippen LogP contribution in [-0.4, -0.2) is 31.3 Å². The van der Waals surface area contributed by atoms with Crippen LogP contribution in [0.4, 0.5) is 5.95 Å². The van der Waals surface area contributed by atoms with Gasteiger partial charge < -0.3 is 19.9 Å². The number of hydrogen-bond acceptors (Lipinski definition) is 6. The first-order chi connectivity index (χ1) is 8.21. The van der Waals surface area contributed by atoms with Gasteiger partial charge in [-0.2, -0.15) is 0 Å². The molecule has 0 unspecified atom stereocenters. The number of nitrogens with two attached hydrogens (primary N) is 1. The van der Waals surface area contributed by atoms with Crippen LogP contribution in [-0.2, 0) is 0 Å². The van der Waals surface area contributed by atoms with Crippen molar-refractivity contribution in [1.82, 2.24) is 9.97 Å². The normalized spacial score (nSPS) is 10.3. The summed E-state index contributed by atoms with van der Waals surface area (Å²) in [7, 11) is 4.63. The van der Waals surface area contributed by atoms with Crippen LogP contribution in [0.25, 0.3) is 10.9 Å². The van der Waals surface area contributed by atoms with Gasteiger partial charge in [0, 0.05) is 11.6 Å². The summed E-state index contributed by atoms with van der Waals surface area (Å²) >= 11 is 0. The number of aromatic nitrogens is 2. The number of anilines is 1. The molecule has 1 aromatic heterocycles. The molecule has 0 aliphatic carbocycles. The Hall–Kier alpha value is -2.24. The van der Waals surface area contributed by atoms with Crippen molar-refractivity contribution >= 4 is 16.9 Å². The van der Waals surface area contributed by atoms with Crippen LogP contribution in [0, 0.1) is 0 Å². The number of fused-ring (bicyclic) bond motifs is 1. The summed E-state index contributed by atoms with van der Waals surface area (Å²) in [6.45, 7) is 0. The first kappa shape index (κ1) is 11.3. The van der Waals surface area contributed by atoms with Crippen LogP contribution in [0.15, 0.2) is 12.3 Å². The summed E-state index contributed by atoms with van der Waals surface area (Å²) in [6, 6.07) is 1.77. The van der Waals surface area contributed by atoms with Gasteiger partial charge in [-0.05, 0) is 6.07 Å². The Kier molecular flexibility index (Phi) is 2.86. The molecular formula is C11H13N3O3. The number of benzene rings is 1. The Labute approximate surface area is 98.3 Å². The van der Waals surface area contributed by atoms with E-state index in [-0.39, 0.29) is 5.95 Å². The molecule has 0 saturated carbocycles. The van der Waals surface area contributed by atoms with E-state index in [0.29, 0.717) is 22.8 Å². The summed E-state index contributed by atoms with van der Waals surface area (Å²) in [5, 5.41) is 0.772. The molecule has 0 aliphatic rings. The predicted octanol–water partition coefficient (Wildman–Crippen LogP) is 1.24. The Morgan fingerprint density at radius 3 is 2.35 bits per heavy atom. The molecule has 2 rings (SSSR count). The first-order valence-corrected chi connectivity index (χ1v) is 4.92. The zero-order valence-electron chi connectivity index (χ0n) is 9.85. The molecule has 2 N–H and O–H groups in total. The van der Waals surface area contributed by atoms with Gasteiger partial charge in [0.05, 0.1) is 21.3 Å². The molecule has 17 heavy (non-hydrogen) atoms. The van der Waals surface area contributed by atoms with Crippen molar-refractivity contribution in [3.63, 3.8) is 0 Å². The molecular weight excluding hydrogens is 222 g/mol. The lowest BCUT2D eigenvalue weighted by Gasteiger charge is -2.13. The molecule has 0 radical (unpaired) electrons. The van der Waals surface area contributed by atoms with E-state index in [2.05, 4.69) is 9.97 Å². The zero-order valence-corrected chi connectivity index (χ0v) is 9.85. The van der Waals surface area contributed by atoms with Gasteiger partial charge in [0.15, 0.2) is 11.5 Å². The third-order valence-corrected chi connectivity index (χ3v) is 2.40. The van der Waals surface area contributed by atoms with Crippen molar-refractivity contribution in [2.45, 2.75) is 0 Å². The van der Waals surface area contributed by atoms with Gasteiger partial charge in [0.25, 0.3) is 0 Å². The third-order valence-electron chi connectivity index (χ3n) is 2.40. The number of methoxy groups -OCH3 is 3. The zero-order chi connectivity index (χ0) is 12.4. The van der Waals surface area contributed by atoms with Gasteiger partial charge in [-0.25, -0.2) is 9.97 Å². The van der Waals surface area contributed by atoms with Crippen LogP contribution in [0.1, 0.15) is 0 Å². The molecule has 1 heterocycles. The molecule has 2 aromatic rings. The molecule has 0 aliphatic heterocycles. The molecule has 0 atom stereocenters. The van der Waals surface area contributed by atoms with E-state index in [0.717, 1.165) is 5.39 Å². The summed E-state index contributed by atoms with van der Waals surface area (Å²) in [6.07, 6.45) is 1.61. The number of hydrogen-bond donors (Lipinski definition) is 1. The van der Waals surface area contributed by atoms with E-state index in [1.165, 1.54) is 14.2 Å². The maximum atomic E-state index is 5.56. The molecule has 0 fully saturated rings. The smallest absolute Gasteiger partial charge is 0.220 e. The predicted molar refractivity (Wildman–Crippen MR) is 63.6 cm³/mol. The standard InChI is InChI=1S/C11H13N3O3/c1-15-7-4-6-5-13-11(12)14-8(6)10(17-3)9(7)16-2/h4-5H,1-3H3,(H2,12,13,14). The first-order valence-electron chi connectivity index (χ1n) is 4.92. The summed E-state index contributed by atoms with van der Waals surface area (Å²) in [5.41, 5.74) is 6.15. The monoisotopic (exact) mass is 235 g/mol. The van der Waals surface area contributed by atoms with Gasteiger partial charge >= 0.3 is 0 Å². The fraction of sp³-hybridized carbons (Fsp3) is 0.273. The molecule has 1 aromatic carbocycles. The number of rotatable bonds is 3. The van der Waals surface area contributed by atoms with Crippen LogP contribution in [0.5, 0.6) is 17.2 Å². The van der Waals surface area contributed by atoms with Crippen molar-refractivity contribution in [3.8, 4) is 17.2 Å². The third kappa shape index (κ3) is 1.77. The Morgan fingerprint density at radius 2 is 1.76 bits per heavy atom. The number of ether oxygens (including phenoxy) is 3. The second kappa shape index (κ2) is 4.32. The van der Waals surface area contributed by atoms with Crippen molar-refractivity contribution in [3.05, 3.63) is 12.3 Å². The van der Waals surface area contributed by atoms with Gasteiger partial charge in [0.1, 0.15) is 5.52 Å². The molecule has 0 amide bonds. The van der Waals surface area contributed by atoms with Gasteiger partial charge in [-0.15, -0.1) is 0 Å². The lowest BCUT2D eigenvalue weighted by Crippen LogP contribution is -2.00. The average Bonchev–Trinajstić information content (AvgIpc) is 2.36. The van der Waals surface area contributed by atoms with E-state index in [1.807, 2.05) is 0 Å². The van der Waals surface area contributed by atoms with Gasteiger partial charge in [-0.3, -0.25) is 0 Å². The van der Waals surface area contributed by atoms with E-state index in [1.54, 1.807) is 19.4 Å². The lowest BCUT2D eigenvalue weighted by molar-refractivity contribution is 0.327. The minimum Gasteiger partial charge on any atom is -0.493 e. The largest absolute Gasteiger partial charge is 0.493 e. The van der Waals surface area contributed by atoms with Gasteiger partial charge in [-0.1, -0.05) is 0 Å². The molecule has 90 valence electrons. The number of nitrogen functional groups attached to an aromatic ring is 1. The second-order valence-electron chi connectivity index (χ2n) is 3.31. The fourth-order valence-corrected chi connectivity index (χ4v) is 1.65. The van der Waals surface area contributed by atoms with E-state index >= 15 is 0 Å². The fourth-order valence-electron chi connectivity index (χ4n) is 1.65. The summed E-state index contributed by atoms with van der Waals surface area (Å²) < 4.78 is 15.8. The summed E-state index contributed by atoms with van der Waals surface area (Å²) in [5.74, 6) is 1.71. The van der Waals surface area contributed by atoms with Crippen molar-refractivity contribution < 1.29 is 14.2 Å². The average molecular weight is 235 g/mol. The molecule has 6 heteroatoms. The van der Waals surface area contributed by atoms with Gasteiger partial charge in [0.2, 0.25) is 11.7 Å². The van der Waals surface area contributed by atoms with E-state index in [4.69, 9.17) is 19.9 Å². The minimum atomic E-state index is 0.183. The SMILES string of the molecule is COc1cc2cnc(N)nc2c(OC)c1OC. The Balaban J connectivity index is 2.84. The van der Waals surface area contributed by atoms with Crippen molar-refractivity contribution in [2.24, 2.45) is 0 Å². The molecule has 6 nitrogen and oxygen atoms in total. The lowest BCUT2D eigenvalue weighted by atomic mass is 10.2. The van der Waals surface area contributed by atoms with Crippen LogP contribution in [0.2, 0.25) is 0 Å². The van der Waals surface area contributed by atoms with Crippen molar-refractivity contribution in [2.75, 3.05) is 27.1 Å². The van der Waals surface area contributed by atoms with Crippen molar-refractivity contribution in [1.29, 1.82) is 0 Å². The maximum absolute atomic E-state index is 5.56. The Bertz CT molecular complexity index is 557. The maximum Gasteiger partial charge on any atom is 0.220 e. The van der Waals surface area contributed by atoms with E-state index in [9.17, 15) is 0 Å². The van der Waals surface area contributed by atoms with Crippen LogP contribution in [0.3, 0.4) is 0 Å². The Morgan fingerprint density at radius 1 is 1.06 bits per heavy atom. The van der Waals surface area contributed by atoms with Crippen LogP contribution >= 0.6 is 0 Å². The van der Waals surface area contributed by atoms with Crippen LogP contribution < -0.4 is 19.9 Å².